The summed E-state index contributed by atoms with van der Waals surface area (Å²) < 4.78 is 5.96. The summed E-state index contributed by atoms with van der Waals surface area (Å²) in [5.74, 6) is 1.06. The van der Waals surface area contributed by atoms with E-state index in [1.807, 2.05) is 0 Å². The maximum Gasteiger partial charge on any atom is 0.229 e. The summed E-state index contributed by atoms with van der Waals surface area (Å²) in [7, 11) is -1.06. The van der Waals surface area contributed by atoms with Crippen LogP contribution >= 0.6 is 0 Å². The van der Waals surface area contributed by atoms with E-state index < -0.39 is 9.04 Å². The molecule has 0 aliphatic rings. The summed E-state index contributed by atoms with van der Waals surface area (Å²) >= 11 is 0. The van der Waals surface area contributed by atoms with Crippen molar-refractivity contribution in [3.8, 4) is 11.8 Å². The van der Waals surface area contributed by atoms with E-state index in [4.69, 9.17) is 9.69 Å². The van der Waals surface area contributed by atoms with Crippen LogP contribution in [0.4, 0.5) is 0 Å². The minimum atomic E-state index is -1.06. The maximum atomic E-state index is 8.54. The van der Waals surface area contributed by atoms with Gasteiger partial charge >= 0.3 is 0 Å². The number of aryl methyl sites for hydroxylation is 2. The molecule has 0 fully saturated rings. The van der Waals surface area contributed by atoms with E-state index in [0.717, 1.165) is 18.6 Å². The molecule has 0 aliphatic heterocycles. The maximum absolute atomic E-state index is 8.54. The summed E-state index contributed by atoms with van der Waals surface area (Å²) in [6.45, 7) is 6.43. The number of unbranched alkanes of at least 4 members (excludes halogenated alkanes) is 1. The Balaban J connectivity index is 2.81. The highest BCUT2D eigenvalue weighted by Gasteiger charge is 2.08. The van der Waals surface area contributed by atoms with Crippen molar-refractivity contribution in [2.75, 3.05) is 0 Å². The predicted molar refractivity (Wildman–Crippen MR) is 69.2 cm³/mol. The van der Waals surface area contributed by atoms with Crippen LogP contribution in [-0.4, -0.2) is 9.04 Å². The third kappa shape index (κ3) is 3.71. The molecule has 0 radical (unpaired) electrons. The lowest BCUT2D eigenvalue weighted by Gasteiger charge is -2.16. The summed E-state index contributed by atoms with van der Waals surface area (Å²) in [5.41, 5.74) is 2.45. The van der Waals surface area contributed by atoms with Crippen molar-refractivity contribution >= 4 is 9.04 Å². The summed E-state index contributed by atoms with van der Waals surface area (Å²) in [5, 5.41) is 8.54. The van der Waals surface area contributed by atoms with E-state index in [2.05, 4.69) is 44.3 Å². The molecule has 16 heavy (non-hydrogen) atoms. The second-order valence-electron chi connectivity index (χ2n) is 4.24. The Morgan fingerprint density at radius 1 is 1.38 bits per heavy atom. The lowest BCUT2D eigenvalue weighted by atomic mass is 10.0. The lowest BCUT2D eigenvalue weighted by Crippen LogP contribution is -2.13. The first kappa shape index (κ1) is 12.8. The Labute approximate surface area is 99.6 Å². The van der Waals surface area contributed by atoms with Crippen molar-refractivity contribution < 1.29 is 4.43 Å². The van der Waals surface area contributed by atoms with Gasteiger partial charge in [-0.15, -0.1) is 0 Å². The Kier molecular flexibility index (Phi) is 5.07. The van der Waals surface area contributed by atoms with Crippen LogP contribution in [0, 0.1) is 18.3 Å². The number of nitrogens with zero attached hydrogens (tertiary/aromatic N) is 1. The van der Waals surface area contributed by atoms with Crippen LogP contribution in [-0.2, 0) is 6.42 Å². The Morgan fingerprint density at radius 3 is 2.75 bits per heavy atom. The van der Waals surface area contributed by atoms with Crippen molar-refractivity contribution in [3.05, 3.63) is 29.3 Å². The molecule has 0 aromatic heterocycles. The van der Waals surface area contributed by atoms with Crippen LogP contribution < -0.4 is 4.43 Å². The first-order chi connectivity index (χ1) is 7.65. The molecule has 0 aliphatic carbocycles. The highest BCUT2D eigenvalue weighted by Crippen LogP contribution is 2.25. The Bertz CT molecular complexity index is 382. The fourth-order valence-corrected chi connectivity index (χ4v) is 2.48. The molecule has 1 aromatic carbocycles. The van der Waals surface area contributed by atoms with Gasteiger partial charge in [0.2, 0.25) is 9.04 Å². The monoisotopic (exact) mass is 233 g/mol. The molecule has 0 saturated carbocycles. The molecule has 0 heterocycles. The molecule has 0 spiro atoms. The summed E-state index contributed by atoms with van der Waals surface area (Å²) in [6.07, 6.45) is 2.47. The number of hydrogen-bond donors (Lipinski definition) is 0. The quantitative estimate of drug-likeness (QED) is 0.578. The largest absolute Gasteiger partial charge is 0.547 e. The molecule has 86 valence electrons. The van der Waals surface area contributed by atoms with Gasteiger partial charge in [0.25, 0.3) is 0 Å². The van der Waals surface area contributed by atoms with Gasteiger partial charge in [0.15, 0.2) is 0 Å². The molecular weight excluding hydrogens is 214 g/mol. The fraction of sp³-hybridized carbons (Fsp3) is 0.462. The molecule has 0 bridgehead atoms. The molecule has 1 rings (SSSR count). The van der Waals surface area contributed by atoms with E-state index in [1.165, 1.54) is 11.1 Å². The van der Waals surface area contributed by atoms with Gasteiger partial charge in [-0.05, 0) is 44.0 Å². The fourth-order valence-electron chi connectivity index (χ4n) is 1.67. The first-order valence-corrected chi connectivity index (χ1v) is 8.55. The van der Waals surface area contributed by atoms with Crippen LogP contribution in [0.2, 0.25) is 13.1 Å². The van der Waals surface area contributed by atoms with Crippen molar-refractivity contribution in [3.63, 3.8) is 0 Å². The highest BCUT2D eigenvalue weighted by atomic mass is 28.3. The van der Waals surface area contributed by atoms with E-state index >= 15 is 0 Å². The van der Waals surface area contributed by atoms with Crippen molar-refractivity contribution in [1.29, 1.82) is 5.26 Å². The second kappa shape index (κ2) is 6.34. The summed E-state index contributed by atoms with van der Waals surface area (Å²) in [4.78, 5) is 0. The molecule has 0 atom stereocenters. The molecule has 1 aromatic rings. The topological polar surface area (TPSA) is 33.0 Å². The van der Waals surface area contributed by atoms with Gasteiger partial charge in [-0.25, -0.2) is 0 Å². The molecule has 0 N–H and O–H groups in total. The van der Waals surface area contributed by atoms with Gasteiger partial charge < -0.3 is 4.43 Å². The number of para-hydroxylation sites is 1. The van der Waals surface area contributed by atoms with Gasteiger partial charge in [-0.2, -0.15) is 5.26 Å². The standard InChI is InChI=1S/C13H19NOSi/c1-11-7-6-9-12(8-4-5-10-14)13(11)15-16(2)3/h6-7,9,16H,4-5,8H2,1-3H3. The van der Waals surface area contributed by atoms with Gasteiger partial charge in [-0.3, -0.25) is 0 Å². The number of benzene rings is 1. The van der Waals surface area contributed by atoms with Gasteiger partial charge in [0.1, 0.15) is 5.75 Å². The molecule has 0 saturated heterocycles. The van der Waals surface area contributed by atoms with Crippen molar-refractivity contribution in [2.45, 2.75) is 39.3 Å². The van der Waals surface area contributed by atoms with E-state index in [1.54, 1.807) is 0 Å². The molecule has 0 unspecified atom stereocenters. The highest BCUT2D eigenvalue weighted by molar-refractivity contribution is 6.49. The lowest BCUT2D eigenvalue weighted by molar-refractivity contribution is 0.564. The second-order valence-corrected chi connectivity index (χ2v) is 6.57. The van der Waals surface area contributed by atoms with Crippen LogP contribution in [0.15, 0.2) is 18.2 Å². The van der Waals surface area contributed by atoms with Crippen LogP contribution in [0.5, 0.6) is 5.75 Å². The Hall–Kier alpha value is -1.27. The Morgan fingerprint density at radius 2 is 2.12 bits per heavy atom. The third-order valence-electron chi connectivity index (χ3n) is 2.38. The molecule has 3 heteroatoms. The van der Waals surface area contributed by atoms with E-state index in [0.29, 0.717) is 6.42 Å². The molecule has 0 amide bonds. The molecular formula is C13H19NOSi. The summed E-state index contributed by atoms with van der Waals surface area (Å²) in [6, 6.07) is 8.43. The number of hydrogen-bond acceptors (Lipinski definition) is 2. The van der Waals surface area contributed by atoms with Gasteiger partial charge in [0.05, 0.1) is 6.07 Å². The zero-order chi connectivity index (χ0) is 12.0. The van der Waals surface area contributed by atoms with Crippen LogP contribution in [0.3, 0.4) is 0 Å². The SMILES string of the molecule is Cc1cccc(CCCC#N)c1O[SiH](C)C. The number of nitriles is 1. The van der Waals surface area contributed by atoms with Crippen LogP contribution in [0.25, 0.3) is 0 Å². The zero-order valence-corrected chi connectivity index (χ0v) is 11.4. The minimum Gasteiger partial charge on any atom is -0.547 e. The smallest absolute Gasteiger partial charge is 0.229 e. The first-order valence-electron chi connectivity index (χ1n) is 5.77. The van der Waals surface area contributed by atoms with E-state index in [-0.39, 0.29) is 0 Å². The van der Waals surface area contributed by atoms with Gasteiger partial charge in [-0.1, -0.05) is 18.2 Å². The average Bonchev–Trinajstić information content (AvgIpc) is 2.23. The molecule has 2 nitrogen and oxygen atoms in total. The normalized spacial score (nSPS) is 10.2. The average molecular weight is 233 g/mol. The predicted octanol–water partition coefficient (Wildman–Crippen LogP) is 3.20. The van der Waals surface area contributed by atoms with Crippen LogP contribution in [0.1, 0.15) is 24.0 Å². The third-order valence-corrected chi connectivity index (χ3v) is 3.09. The zero-order valence-electron chi connectivity index (χ0n) is 10.3. The van der Waals surface area contributed by atoms with Crippen molar-refractivity contribution in [1.82, 2.24) is 0 Å². The number of rotatable bonds is 5. The minimum absolute atomic E-state index is 0.618. The van der Waals surface area contributed by atoms with Crippen molar-refractivity contribution in [2.24, 2.45) is 0 Å². The van der Waals surface area contributed by atoms with E-state index in [9.17, 15) is 0 Å². The van der Waals surface area contributed by atoms with Gasteiger partial charge in [0, 0.05) is 6.42 Å².